The van der Waals surface area contributed by atoms with Gasteiger partial charge in [0.1, 0.15) is 0 Å². The van der Waals surface area contributed by atoms with Gasteiger partial charge in [-0.1, -0.05) is 12.6 Å². The molecule has 0 amide bonds. The second-order valence-electron chi connectivity index (χ2n) is 2.26. The third-order valence-electron chi connectivity index (χ3n) is 1.43. The van der Waals surface area contributed by atoms with Crippen LogP contribution in [0.4, 0.5) is 10.5 Å². The van der Waals surface area contributed by atoms with Crippen molar-refractivity contribution in [1.29, 1.82) is 0 Å². The van der Waals surface area contributed by atoms with Crippen molar-refractivity contribution in [2.24, 2.45) is 0 Å². The molecule has 70 valence electrons. The lowest BCUT2D eigenvalue weighted by Crippen LogP contribution is -2.14. The van der Waals surface area contributed by atoms with Gasteiger partial charge in [0.2, 0.25) is 0 Å². The van der Waals surface area contributed by atoms with Gasteiger partial charge in [-0.05, 0) is 19.1 Å². The van der Waals surface area contributed by atoms with E-state index in [4.69, 9.17) is 0 Å². The fraction of sp³-hybridized carbons (Fsp3) is 0.250. The number of anilines is 1. The first-order valence-electron chi connectivity index (χ1n) is 3.82. The summed E-state index contributed by atoms with van der Waals surface area (Å²) in [5.41, 5.74) is 0.963. The maximum atomic E-state index is 10.8. The summed E-state index contributed by atoms with van der Waals surface area (Å²) >= 11 is 4.79. The predicted octanol–water partition coefficient (Wildman–Crippen LogP) is 2.61. The minimum atomic E-state index is -0.210. The van der Waals surface area contributed by atoms with E-state index in [0.717, 1.165) is 24.2 Å². The van der Waals surface area contributed by atoms with Crippen LogP contribution >= 0.6 is 24.6 Å². The number of carbonyl (C=O) groups excluding carboxylic acids is 1. The molecular weight excluding hydrogens is 204 g/mol. The maximum absolute atomic E-state index is 10.8. The normalized spacial score (nSPS) is 9.69. The Morgan fingerprint density at radius 2 is 2.23 bits per heavy atom. The Bertz CT molecular complexity index is 279. The van der Waals surface area contributed by atoms with Crippen LogP contribution in [0.1, 0.15) is 6.92 Å². The second kappa shape index (κ2) is 5.14. The van der Waals surface area contributed by atoms with Gasteiger partial charge in [0, 0.05) is 30.9 Å². The number of pyridine rings is 1. The molecule has 0 aliphatic carbocycles. The highest BCUT2D eigenvalue weighted by Gasteiger charge is 2.07. The molecule has 0 aromatic carbocycles. The number of hydrogen-bond acceptors (Lipinski definition) is 4. The summed E-state index contributed by atoms with van der Waals surface area (Å²) in [6.45, 7) is 2.73. The average molecular weight is 214 g/mol. The molecule has 0 saturated heterocycles. The van der Waals surface area contributed by atoms with E-state index < -0.39 is 0 Å². The molecule has 3 nitrogen and oxygen atoms in total. The van der Waals surface area contributed by atoms with Crippen LogP contribution in [-0.2, 0) is 0 Å². The zero-order chi connectivity index (χ0) is 9.68. The lowest BCUT2D eigenvalue weighted by Gasteiger charge is -2.18. The summed E-state index contributed by atoms with van der Waals surface area (Å²) in [7, 11) is 0. The Morgan fingerprint density at radius 3 is 2.69 bits per heavy atom. The molecular formula is C8H10N2OS2. The Morgan fingerprint density at radius 1 is 1.62 bits per heavy atom. The number of carbonyl (C=O) groups is 1. The van der Waals surface area contributed by atoms with Crippen molar-refractivity contribution in [3.63, 3.8) is 0 Å². The fourth-order valence-electron chi connectivity index (χ4n) is 0.904. The van der Waals surface area contributed by atoms with Gasteiger partial charge in [-0.2, -0.15) is 0 Å². The van der Waals surface area contributed by atoms with E-state index in [1.54, 1.807) is 12.4 Å². The lowest BCUT2D eigenvalue weighted by molar-refractivity contribution is 0.277. The second-order valence-corrected chi connectivity index (χ2v) is 3.96. The molecule has 1 rings (SSSR count). The first-order valence-corrected chi connectivity index (χ1v) is 5.04. The lowest BCUT2D eigenvalue weighted by atomic mass is 10.4. The smallest absolute Gasteiger partial charge is 0.263 e. The quantitative estimate of drug-likeness (QED) is 0.619. The van der Waals surface area contributed by atoms with Gasteiger partial charge in [-0.3, -0.25) is 9.78 Å². The minimum absolute atomic E-state index is 0.210. The molecule has 0 aliphatic heterocycles. The van der Waals surface area contributed by atoms with Gasteiger partial charge in [-0.15, -0.1) is 0 Å². The monoisotopic (exact) mass is 214 g/mol. The molecule has 0 atom stereocenters. The topological polar surface area (TPSA) is 33.2 Å². The molecule has 13 heavy (non-hydrogen) atoms. The molecule has 0 N–H and O–H groups in total. The summed E-state index contributed by atoms with van der Waals surface area (Å²) in [6, 6.07) is 3.71. The number of nitrogens with zero attached hydrogens (tertiary/aromatic N) is 2. The van der Waals surface area contributed by atoms with Crippen LogP contribution in [0.25, 0.3) is 0 Å². The fourth-order valence-corrected chi connectivity index (χ4v) is 1.74. The van der Waals surface area contributed by atoms with Gasteiger partial charge >= 0.3 is 0 Å². The first kappa shape index (κ1) is 10.4. The average Bonchev–Trinajstić information content (AvgIpc) is 2.15. The first-order chi connectivity index (χ1) is 6.24. The highest BCUT2D eigenvalue weighted by atomic mass is 32.2. The van der Waals surface area contributed by atoms with E-state index in [1.807, 2.05) is 23.4 Å². The third kappa shape index (κ3) is 3.28. The van der Waals surface area contributed by atoms with E-state index in [0.29, 0.717) is 0 Å². The number of hydrogen-bond donors (Lipinski definition) is 1. The van der Waals surface area contributed by atoms with Gasteiger partial charge in [0.25, 0.3) is 4.45 Å². The highest BCUT2D eigenvalue weighted by molar-refractivity contribution is 8.32. The number of thiol groups is 1. The SMILES string of the molecule is CCN(SC(=O)S)c1ccncc1. The van der Waals surface area contributed by atoms with Crippen LogP contribution in [0.3, 0.4) is 0 Å². The molecule has 0 saturated carbocycles. The maximum Gasteiger partial charge on any atom is 0.263 e. The molecule has 5 heteroatoms. The van der Waals surface area contributed by atoms with Gasteiger partial charge < -0.3 is 4.31 Å². The van der Waals surface area contributed by atoms with Crippen LogP contribution in [0.5, 0.6) is 0 Å². The van der Waals surface area contributed by atoms with Crippen LogP contribution in [0, 0.1) is 0 Å². The zero-order valence-corrected chi connectivity index (χ0v) is 8.89. The Balaban J connectivity index is 2.73. The predicted molar refractivity (Wildman–Crippen MR) is 59.2 cm³/mol. The van der Waals surface area contributed by atoms with E-state index in [1.165, 1.54) is 0 Å². The summed E-state index contributed by atoms with van der Waals surface area (Å²) in [5.74, 6) is 0. The van der Waals surface area contributed by atoms with E-state index in [9.17, 15) is 4.79 Å². The van der Waals surface area contributed by atoms with Gasteiger partial charge in [-0.25, -0.2) is 0 Å². The molecule has 0 bridgehead atoms. The molecule has 1 heterocycles. The highest BCUT2D eigenvalue weighted by Crippen LogP contribution is 2.22. The molecule has 0 unspecified atom stereocenters. The number of aromatic nitrogens is 1. The van der Waals surface area contributed by atoms with Crippen LogP contribution in [0.15, 0.2) is 24.5 Å². The van der Waals surface area contributed by atoms with Crippen molar-refractivity contribution in [1.82, 2.24) is 4.98 Å². The van der Waals surface area contributed by atoms with E-state index in [2.05, 4.69) is 17.6 Å². The van der Waals surface area contributed by atoms with Gasteiger partial charge in [0.15, 0.2) is 0 Å². The van der Waals surface area contributed by atoms with Gasteiger partial charge in [0.05, 0.1) is 5.69 Å². The van der Waals surface area contributed by atoms with Crippen molar-refractivity contribution >= 4 is 34.7 Å². The summed E-state index contributed by atoms with van der Waals surface area (Å²) in [4.78, 5) is 14.7. The molecule has 0 fully saturated rings. The third-order valence-corrected chi connectivity index (χ3v) is 2.52. The van der Waals surface area contributed by atoms with E-state index in [-0.39, 0.29) is 4.45 Å². The molecule has 1 aromatic rings. The van der Waals surface area contributed by atoms with Crippen LogP contribution < -0.4 is 4.31 Å². The number of rotatable bonds is 3. The van der Waals surface area contributed by atoms with Crippen LogP contribution in [0.2, 0.25) is 0 Å². The minimum Gasteiger partial charge on any atom is -0.309 e. The molecule has 1 aromatic heterocycles. The Kier molecular flexibility index (Phi) is 4.11. The zero-order valence-electron chi connectivity index (χ0n) is 7.17. The van der Waals surface area contributed by atoms with Crippen LogP contribution in [-0.4, -0.2) is 16.0 Å². The van der Waals surface area contributed by atoms with Crippen molar-refractivity contribution in [3.05, 3.63) is 24.5 Å². The molecule has 0 radical (unpaired) electrons. The Labute approximate surface area is 87.1 Å². The standard InChI is InChI=1S/C8H10N2OS2/c1-2-10(13-8(11)12)7-3-5-9-6-4-7/h3-6H,2H2,1H3,(H,11,12). The van der Waals surface area contributed by atoms with Crippen molar-refractivity contribution < 1.29 is 4.79 Å². The van der Waals surface area contributed by atoms with E-state index >= 15 is 0 Å². The molecule has 0 aliphatic rings. The summed E-state index contributed by atoms with van der Waals surface area (Å²) < 4.78 is 1.65. The van der Waals surface area contributed by atoms with Crippen molar-refractivity contribution in [2.45, 2.75) is 6.92 Å². The Hall–Kier alpha value is -0.680. The summed E-state index contributed by atoms with van der Waals surface area (Å²) in [5, 5.41) is 0. The molecule has 0 spiro atoms. The van der Waals surface area contributed by atoms with Crippen molar-refractivity contribution in [2.75, 3.05) is 10.8 Å². The largest absolute Gasteiger partial charge is 0.309 e. The van der Waals surface area contributed by atoms with Crippen molar-refractivity contribution in [3.8, 4) is 0 Å². The summed E-state index contributed by atoms with van der Waals surface area (Å²) in [6.07, 6.45) is 3.39.